The van der Waals surface area contributed by atoms with Crippen LogP contribution >= 0.6 is 15.9 Å². The number of aromatic nitrogens is 1. The highest BCUT2D eigenvalue weighted by atomic mass is 79.9. The molecule has 0 saturated carbocycles. The number of pyridine rings is 1. The first kappa shape index (κ1) is 16.0. The van der Waals surface area contributed by atoms with E-state index in [2.05, 4.69) is 39.5 Å². The lowest BCUT2D eigenvalue weighted by Crippen LogP contribution is -2.13. The lowest BCUT2D eigenvalue weighted by atomic mass is 10.0. The number of hydrogen-bond acceptors (Lipinski definition) is 3. The third-order valence-corrected chi connectivity index (χ3v) is 4.89. The molecule has 0 unspecified atom stereocenters. The largest absolute Gasteiger partial charge is 0.277 e. The summed E-state index contributed by atoms with van der Waals surface area (Å²) in [7, 11) is -3.60. The van der Waals surface area contributed by atoms with E-state index in [0.717, 1.165) is 12.0 Å². The lowest BCUT2D eigenvalue weighted by molar-refractivity contribution is 0.601. The molecule has 0 amide bonds. The van der Waals surface area contributed by atoms with E-state index >= 15 is 0 Å². The van der Waals surface area contributed by atoms with Crippen LogP contribution in [0.1, 0.15) is 19.4 Å². The molecule has 0 aliphatic carbocycles. The van der Waals surface area contributed by atoms with Crippen molar-refractivity contribution in [3.8, 4) is 0 Å². The van der Waals surface area contributed by atoms with E-state index in [1.807, 2.05) is 12.1 Å². The van der Waals surface area contributed by atoms with Gasteiger partial charge in [-0.3, -0.25) is 4.72 Å². The molecule has 0 spiro atoms. The minimum atomic E-state index is -3.60. The van der Waals surface area contributed by atoms with Gasteiger partial charge in [0, 0.05) is 6.20 Å². The standard InChI is InChI=1S/C15H17BrN2O2S/c1-11(2)10-12-5-7-13(8-6-12)21(19,20)18-14-4-3-9-17-15(14)16/h3-9,11,18H,10H2,1-2H3. The van der Waals surface area contributed by atoms with Gasteiger partial charge in [-0.15, -0.1) is 0 Å². The zero-order valence-electron chi connectivity index (χ0n) is 11.9. The Balaban J connectivity index is 2.22. The topological polar surface area (TPSA) is 59.1 Å². The Morgan fingerprint density at radius 1 is 1.19 bits per heavy atom. The second-order valence-corrected chi connectivity index (χ2v) is 7.62. The highest BCUT2D eigenvalue weighted by Gasteiger charge is 2.15. The number of nitrogens with zero attached hydrogens (tertiary/aromatic N) is 1. The van der Waals surface area contributed by atoms with E-state index in [1.54, 1.807) is 30.5 Å². The number of benzene rings is 1. The Morgan fingerprint density at radius 2 is 1.86 bits per heavy atom. The fraction of sp³-hybridized carbons (Fsp3) is 0.267. The van der Waals surface area contributed by atoms with Gasteiger partial charge in [-0.2, -0.15) is 0 Å². The summed E-state index contributed by atoms with van der Waals surface area (Å²) in [5, 5.41) is 0. The van der Waals surface area contributed by atoms with Crippen LogP contribution in [-0.2, 0) is 16.4 Å². The van der Waals surface area contributed by atoms with Crippen molar-refractivity contribution in [2.24, 2.45) is 5.92 Å². The van der Waals surface area contributed by atoms with Crippen molar-refractivity contribution >= 4 is 31.6 Å². The summed E-state index contributed by atoms with van der Waals surface area (Å²) in [5.41, 5.74) is 1.55. The Labute approximate surface area is 133 Å². The molecule has 6 heteroatoms. The highest BCUT2D eigenvalue weighted by molar-refractivity contribution is 9.10. The van der Waals surface area contributed by atoms with E-state index in [1.165, 1.54) is 0 Å². The molecule has 112 valence electrons. The maximum absolute atomic E-state index is 12.3. The molecule has 0 aliphatic heterocycles. The molecule has 21 heavy (non-hydrogen) atoms. The molecule has 2 aromatic rings. The molecule has 1 aromatic heterocycles. The summed E-state index contributed by atoms with van der Waals surface area (Å²) < 4.78 is 27.6. The summed E-state index contributed by atoms with van der Waals surface area (Å²) in [5.74, 6) is 0.539. The quantitative estimate of drug-likeness (QED) is 0.815. The average molecular weight is 369 g/mol. The van der Waals surface area contributed by atoms with Crippen LogP contribution in [0.2, 0.25) is 0 Å². The molecule has 0 radical (unpaired) electrons. The van der Waals surface area contributed by atoms with Gasteiger partial charge in [-0.1, -0.05) is 26.0 Å². The zero-order valence-corrected chi connectivity index (χ0v) is 14.3. The van der Waals surface area contributed by atoms with Crippen LogP contribution in [0.15, 0.2) is 52.1 Å². The van der Waals surface area contributed by atoms with Gasteiger partial charge in [0.05, 0.1) is 10.6 Å². The number of sulfonamides is 1. The van der Waals surface area contributed by atoms with Crippen LogP contribution in [0.4, 0.5) is 5.69 Å². The summed E-state index contributed by atoms with van der Waals surface area (Å²) in [4.78, 5) is 4.23. The van der Waals surface area contributed by atoms with E-state index in [9.17, 15) is 8.42 Å². The van der Waals surface area contributed by atoms with E-state index < -0.39 is 10.0 Å². The third kappa shape index (κ3) is 4.28. The van der Waals surface area contributed by atoms with Gasteiger partial charge >= 0.3 is 0 Å². The van der Waals surface area contributed by atoms with Gasteiger partial charge in [-0.25, -0.2) is 13.4 Å². The molecule has 1 aromatic carbocycles. The Hall–Kier alpha value is -1.40. The molecule has 0 saturated heterocycles. The Bertz CT molecular complexity index is 713. The van der Waals surface area contributed by atoms with Gasteiger partial charge < -0.3 is 0 Å². The third-order valence-electron chi connectivity index (χ3n) is 2.88. The number of halogens is 1. The fourth-order valence-corrected chi connectivity index (χ4v) is 3.49. The van der Waals surface area contributed by atoms with Crippen molar-refractivity contribution in [3.63, 3.8) is 0 Å². The predicted molar refractivity (Wildman–Crippen MR) is 87.7 cm³/mol. The molecule has 4 nitrogen and oxygen atoms in total. The first-order valence-corrected chi connectivity index (χ1v) is 8.88. The molecule has 1 N–H and O–H groups in total. The minimum absolute atomic E-state index is 0.241. The van der Waals surface area contributed by atoms with Gasteiger partial charge in [-0.05, 0) is 58.1 Å². The number of rotatable bonds is 5. The summed E-state index contributed by atoms with van der Waals surface area (Å²) in [6, 6.07) is 10.3. The van der Waals surface area contributed by atoms with E-state index in [-0.39, 0.29) is 4.90 Å². The Morgan fingerprint density at radius 3 is 2.43 bits per heavy atom. The fourth-order valence-electron chi connectivity index (χ4n) is 1.94. The van der Waals surface area contributed by atoms with Crippen LogP contribution in [0, 0.1) is 5.92 Å². The number of nitrogens with one attached hydrogen (secondary N) is 1. The minimum Gasteiger partial charge on any atom is -0.277 e. The van der Waals surface area contributed by atoms with Crippen LogP contribution in [0.25, 0.3) is 0 Å². The summed E-state index contributed by atoms with van der Waals surface area (Å²) in [6.45, 7) is 4.26. The smallest absolute Gasteiger partial charge is 0.261 e. The van der Waals surface area contributed by atoms with Crippen molar-refractivity contribution in [3.05, 3.63) is 52.8 Å². The van der Waals surface area contributed by atoms with E-state index in [4.69, 9.17) is 0 Å². The number of anilines is 1. The predicted octanol–water partition coefficient (Wildman–Crippen LogP) is 3.84. The van der Waals surface area contributed by atoms with Gasteiger partial charge in [0.15, 0.2) is 0 Å². The summed E-state index contributed by atoms with van der Waals surface area (Å²) >= 11 is 3.22. The van der Waals surface area contributed by atoms with Crippen LogP contribution in [-0.4, -0.2) is 13.4 Å². The van der Waals surface area contributed by atoms with Crippen molar-refractivity contribution in [2.45, 2.75) is 25.2 Å². The molecular formula is C15H17BrN2O2S. The van der Waals surface area contributed by atoms with Gasteiger partial charge in [0.1, 0.15) is 4.60 Å². The molecule has 2 rings (SSSR count). The molecule has 0 bridgehead atoms. The van der Waals surface area contributed by atoms with Crippen molar-refractivity contribution in [1.29, 1.82) is 0 Å². The van der Waals surface area contributed by atoms with E-state index in [0.29, 0.717) is 16.2 Å². The number of hydrogen-bond donors (Lipinski definition) is 1. The lowest BCUT2D eigenvalue weighted by Gasteiger charge is -2.10. The average Bonchev–Trinajstić information content (AvgIpc) is 2.41. The van der Waals surface area contributed by atoms with Gasteiger partial charge in [0.25, 0.3) is 10.0 Å². The monoisotopic (exact) mass is 368 g/mol. The maximum Gasteiger partial charge on any atom is 0.261 e. The normalized spacial score (nSPS) is 11.6. The molecule has 0 fully saturated rings. The zero-order chi connectivity index (χ0) is 15.5. The molecule has 1 heterocycles. The maximum atomic E-state index is 12.3. The van der Waals surface area contributed by atoms with Crippen molar-refractivity contribution < 1.29 is 8.42 Å². The van der Waals surface area contributed by atoms with Crippen molar-refractivity contribution in [2.75, 3.05) is 4.72 Å². The van der Waals surface area contributed by atoms with Crippen LogP contribution in [0.3, 0.4) is 0 Å². The second-order valence-electron chi connectivity index (χ2n) is 5.19. The Kier molecular flexibility index (Phi) is 5.00. The van der Waals surface area contributed by atoms with Gasteiger partial charge in [0.2, 0.25) is 0 Å². The highest BCUT2D eigenvalue weighted by Crippen LogP contribution is 2.22. The van der Waals surface area contributed by atoms with Crippen LogP contribution in [0.5, 0.6) is 0 Å². The molecular weight excluding hydrogens is 352 g/mol. The molecule has 0 aliphatic rings. The second kappa shape index (κ2) is 6.58. The SMILES string of the molecule is CC(C)Cc1ccc(S(=O)(=O)Nc2cccnc2Br)cc1. The molecule has 0 atom stereocenters. The first-order chi connectivity index (χ1) is 9.88. The summed E-state index contributed by atoms with van der Waals surface area (Å²) in [6.07, 6.45) is 2.52. The first-order valence-electron chi connectivity index (χ1n) is 6.61. The van der Waals surface area contributed by atoms with Crippen molar-refractivity contribution in [1.82, 2.24) is 4.98 Å². The van der Waals surface area contributed by atoms with Crippen LogP contribution < -0.4 is 4.72 Å².